The van der Waals surface area contributed by atoms with Crippen LogP contribution in [0.1, 0.15) is 12.5 Å². The van der Waals surface area contributed by atoms with Crippen molar-refractivity contribution in [3.8, 4) is 11.5 Å². The Morgan fingerprint density at radius 2 is 1.28 bits per heavy atom. The zero-order chi connectivity index (χ0) is 27.7. The highest BCUT2D eigenvalue weighted by molar-refractivity contribution is 6.27. The van der Waals surface area contributed by atoms with E-state index in [1.807, 2.05) is 18.2 Å². The van der Waals surface area contributed by atoms with Crippen LogP contribution >= 0.6 is 0 Å². The van der Waals surface area contributed by atoms with Gasteiger partial charge in [-0.15, -0.1) is 0 Å². The Kier molecular flexibility index (Phi) is 15.6. The number of hydrogen-bond donors (Lipinski definition) is 5. The van der Waals surface area contributed by atoms with E-state index in [4.69, 9.17) is 49.1 Å². The molecule has 0 aromatic heterocycles. The van der Waals surface area contributed by atoms with Gasteiger partial charge in [-0.2, -0.15) is 0 Å². The molecule has 1 aromatic rings. The van der Waals surface area contributed by atoms with Crippen molar-refractivity contribution in [1.82, 2.24) is 15.1 Å². The Balaban J connectivity index is 0.000000846. The molecule has 14 nitrogen and oxygen atoms in total. The van der Waals surface area contributed by atoms with E-state index in [0.29, 0.717) is 13.1 Å². The third kappa shape index (κ3) is 13.7. The van der Waals surface area contributed by atoms with Crippen LogP contribution in [-0.4, -0.2) is 120 Å². The number of carbonyl (C=O) groups excluding carboxylic acids is 1. The van der Waals surface area contributed by atoms with Crippen LogP contribution in [0.2, 0.25) is 0 Å². The van der Waals surface area contributed by atoms with Crippen molar-refractivity contribution in [2.24, 2.45) is 0 Å². The molecule has 1 saturated heterocycles. The molecule has 1 aromatic carbocycles. The smallest absolute Gasteiger partial charge is 0.414 e. The van der Waals surface area contributed by atoms with Crippen molar-refractivity contribution >= 4 is 29.8 Å². The number of piperazine rings is 1. The predicted octanol–water partition coefficient (Wildman–Crippen LogP) is -0.689. The van der Waals surface area contributed by atoms with E-state index in [2.05, 4.69) is 22.0 Å². The summed E-state index contributed by atoms with van der Waals surface area (Å²) in [5.74, 6) is -5.76. The second kappa shape index (κ2) is 17.5. The summed E-state index contributed by atoms with van der Waals surface area (Å²) in [5, 5.41) is 32.6. The number of carbonyl (C=O) groups is 5. The minimum atomic E-state index is -1.82. The van der Waals surface area contributed by atoms with Crippen molar-refractivity contribution in [3.05, 3.63) is 23.8 Å². The highest BCUT2D eigenvalue weighted by Gasteiger charge is 2.17. The Labute approximate surface area is 208 Å². The number of likely N-dealkylation sites (N-methyl/N-ethyl adjacent to an activating group) is 1. The van der Waals surface area contributed by atoms with E-state index in [0.717, 1.165) is 56.2 Å². The van der Waals surface area contributed by atoms with Crippen LogP contribution in [0.4, 0.5) is 0 Å². The highest BCUT2D eigenvalue weighted by Crippen LogP contribution is 2.27. The van der Waals surface area contributed by atoms with E-state index in [9.17, 15) is 4.79 Å². The van der Waals surface area contributed by atoms with Gasteiger partial charge in [-0.25, -0.2) is 19.2 Å². The van der Waals surface area contributed by atoms with Crippen LogP contribution in [0.3, 0.4) is 0 Å². The summed E-state index contributed by atoms with van der Waals surface area (Å²) >= 11 is 0. The Bertz CT molecular complexity index is 836. The fraction of sp³-hybridized carbons (Fsp3) is 0.500. The molecule has 0 aliphatic carbocycles. The van der Waals surface area contributed by atoms with Crippen LogP contribution in [0.15, 0.2) is 18.2 Å². The topological polar surface area (TPSA) is 203 Å². The number of carboxylic acid groups (broad SMARTS) is 4. The maximum atomic E-state index is 12.1. The predicted molar refractivity (Wildman–Crippen MR) is 125 cm³/mol. The van der Waals surface area contributed by atoms with Crippen LogP contribution in [0.5, 0.6) is 11.5 Å². The molecule has 36 heavy (non-hydrogen) atoms. The lowest BCUT2D eigenvalue weighted by Gasteiger charge is -2.33. The van der Waals surface area contributed by atoms with E-state index >= 15 is 0 Å². The number of methoxy groups -OCH3 is 2. The lowest BCUT2D eigenvalue weighted by atomic mass is 10.1. The van der Waals surface area contributed by atoms with Crippen molar-refractivity contribution in [3.63, 3.8) is 0 Å². The number of amides is 1. The molecule has 0 atom stereocenters. The van der Waals surface area contributed by atoms with Gasteiger partial charge >= 0.3 is 23.9 Å². The first-order valence-electron chi connectivity index (χ1n) is 10.8. The fourth-order valence-electron chi connectivity index (χ4n) is 2.91. The molecule has 14 heteroatoms. The highest BCUT2D eigenvalue weighted by atomic mass is 16.5. The molecule has 2 rings (SSSR count). The van der Waals surface area contributed by atoms with Crippen molar-refractivity contribution in [1.29, 1.82) is 0 Å². The van der Waals surface area contributed by atoms with Gasteiger partial charge in [-0.05, 0) is 30.7 Å². The van der Waals surface area contributed by atoms with E-state index < -0.39 is 23.9 Å². The summed E-state index contributed by atoms with van der Waals surface area (Å²) in [6, 6.07) is 5.84. The summed E-state index contributed by atoms with van der Waals surface area (Å²) in [7, 11) is 3.25. The number of carboxylic acids is 4. The number of ether oxygens (including phenoxy) is 2. The summed E-state index contributed by atoms with van der Waals surface area (Å²) in [6.07, 6.45) is 0.774. The van der Waals surface area contributed by atoms with Gasteiger partial charge in [-0.1, -0.05) is 13.0 Å². The molecule has 1 heterocycles. The van der Waals surface area contributed by atoms with Crippen LogP contribution < -0.4 is 14.8 Å². The van der Waals surface area contributed by atoms with Gasteiger partial charge in [0, 0.05) is 32.7 Å². The molecule has 0 saturated carbocycles. The zero-order valence-electron chi connectivity index (χ0n) is 20.4. The monoisotopic (exact) mass is 515 g/mol. The van der Waals surface area contributed by atoms with E-state index in [-0.39, 0.29) is 5.91 Å². The van der Waals surface area contributed by atoms with Crippen LogP contribution in [0, 0.1) is 0 Å². The number of benzene rings is 1. The summed E-state index contributed by atoms with van der Waals surface area (Å²) < 4.78 is 10.5. The molecule has 0 bridgehead atoms. The zero-order valence-corrected chi connectivity index (χ0v) is 20.4. The average Bonchev–Trinajstić information content (AvgIpc) is 2.85. The van der Waals surface area contributed by atoms with Gasteiger partial charge in [-0.3, -0.25) is 9.69 Å². The standard InChI is InChI=1S/C18H29N3O3.2C2H2O4/c1-4-20-9-11-21(12-10-20)14-18(22)19-8-7-15-5-6-16(23-2)17(13-15)24-3;2*3-1(4)2(5)6/h5-6,13H,4,7-12,14H2,1-3H3,(H,19,22);2*(H,3,4)(H,5,6). The molecule has 0 radical (unpaired) electrons. The maximum absolute atomic E-state index is 12.1. The molecule has 1 fully saturated rings. The second-order valence-electron chi connectivity index (χ2n) is 7.22. The van der Waals surface area contributed by atoms with Gasteiger partial charge in [0.1, 0.15) is 0 Å². The molecule has 1 aliphatic heterocycles. The Morgan fingerprint density at radius 1 is 0.806 bits per heavy atom. The summed E-state index contributed by atoms with van der Waals surface area (Å²) in [4.78, 5) is 53.1. The van der Waals surface area contributed by atoms with Crippen LogP contribution in [0.25, 0.3) is 0 Å². The number of aliphatic carboxylic acids is 4. The molecule has 0 unspecified atom stereocenters. The average molecular weight is 516 g/mol. The van der Waals surface area contributed by atoms with E-state index in [1.54, 1.807) is 14.2 Å². The van der Waals surface area contributed by atoms with Crippen LogP contribution in [-0.2, 0) is 30.4 Å². The molecule has 5 N–H and O–H groups in total. The SMILES string of the molecule is CCN1CCN(CC(=O)NCCc2ccc(OC)c(OC)c2)CC1.O=C(O)C(=O)O.O=C(O)C(=O)O. The number of nitrogens with zero attached hydrogens (tertiary/aromatic N) is 2. The maximum Gasteiger partial charge on any atom is 0.414 e. The molecule has 0 spiro atoms. The third-order valence-corrected chi connectivity index (χ3v) is 4.83. The number of rotatable bonds is 8. The summed E-state index contributed by atoms with van der Waals surface area (Å²) in [5.41, 5.74) is 1.12. The fourth-order valence-corrected chi connectivity index (χ4v) is 2.91. The van der Waals surface area contributed by atoms with Gasteiger partial charge in [0.2, 0.25) is 5.91 Å². The first-order chi connectivity index (χ1) is 16.9. The Hall–Kier alpha value is -3.91. The second-order valence-corrected chi connectivity index (χ2v) is 7.22. The Morgan fingerprint density at radius 3 is 1.69 bits per heavy atom. The van der Waals surface area contributed by atoms with Gasteiger partial charge in [0.15, 0.2) is 11.5 Å². The van der Waals surface area contributed by atoms with Gasteiger partial charge < -0.3 is 40.1 Å². The first-order valence-corrected chi connectivity index (χ1v) is 10.8. The molecule has 1 amide bonds. The molecular weight excluding hydrogens is 482 g/mol. The minimum absolute atomic E-state index is 0.0976. The van der Waals surface area contributed by atoms with Crippen molar-refractivity contribution < 1.29 is 53.9 Å². The number of nitrogens with one attached hydrogen (secondary N) is 1. The molecule has 1 aliphatic rings. The van der Waals surface area contributed by atoms with Gasteiger partial charge in [0.05, 0.1) is 20.8 Å². The van der Waals surface area contributed by atoms with Gasteiger partial charge in [0.25, 0.3) is 0 Å². The molecular formula is C22H33N3O11. The minimum Gasteiger partial charge on any atom is -0.493 e. The van der Waals surface area contributed by atoms with E-state index in [1.165, 1.54) is 0 Å². The number of hydrogen-bond acceptors (Lipinski definition) is 9. The van der Waals surface area contributed by atoms with Crippen molar-refractivity contribution in [2.75, 3.05) is 60.0 Å². The first kappa shape index (κ1) is 32.1. The lowest BCUT2D eigenvalue weighted by Crippen LogP contribution is -2.49. The lowest BCUT2D eigenvalue weighted by molar-refractivity contribution is -0.159. The third-order valence-electron chi connectivity index (χ3n) is 4.83. The normalized spacial score (nSPS) is 13.1. The molecule has 202 valence electrons. The quantitative estimate of drug-likeness (QED) is 0.272. The van der Waals surface area contributed by atoms with Crippen molar-refractivity contribution in [2.45, 2.75) is 13.3 Å². The largest absolute Gasteiger partial charge is 0.493 e. The summed E-state index contributed by atoms with van der Waals surface area (Å²) in [6.45, 7) is 8.42.